The molecule has 0 aromatic heterocycles. The molecule has 2 aliphatic heterocycles. The zero-order chi connectivity index (χ0) is 30.6. The van der Waals surface area contributed by atoms with Crippen molar-refractivity contribution in [3.8, 4) is 0 Å². The molecule has 9 rings (SSSR count). The number of carbonyl (C=O) groups is 4. The van der Waals surface area contributed by atoms with E-state index in [0.29, 0.717) is 39.0 Å². The zero-order valence-electron chi connectivity index (χ0n) is 24.0. The van der Waals surface area contributed by atoms with Crippen LogP contribution in [0.4, 0.5) is 11.4 Å². The summed E-state index contributed by atoms with van der Waals surface area (Å²) in [7, 11) is 0. The molecule has 0 unspecified atom stereocenters. The number of nitrogens with zero attached hydrogens (tertiary/aromatic N) is 2. The lowest BCUT2D eigenvalue weighted by Crippen LogP contribution is -2.51. The molecule has 6 nitrogen and oxygen atoms in total. The van der Waals surface area contributed by atoms with Gasteiger partial charge in [0, 0.05) is 21.9 Å². The first-order valence-corrected chi connectivity index (χ1v) is 15.7. The summed E-state index contributed by atoms with van der Waals surface area (Å²) in [6, 6.07) is 20.4. The van der Waals surface area contributed by atoms with E-state index in [1.807, 2.05) is 50.3 Å². The summed E-state index contributed by atoms with van der Waals surface area (Å²) in [5.74, 6) is -4.65. The maximum atomic E-state index is 14.4. The van der Waals surface area contributed by atoms with Crippen molar-refractivity contribution in [2.75, 3.05) is 9.80 Å². The van der Waals surface area contributed by atoms with E-state index in [4.69, 9.17) is 23.2 Å². The van der Waals surface area contributed by atoms with E-state index in [1.165, 1.54) is 9.80 Å². The Hall–Kier alpha value is -4.00. The first-order chi connectivity index (χ1) is 21.2. The number of halogens is 2. The lowest BCUT2D eigenvalue weighted by atomic mass is 9.49. The average Bonchev–Trinajstić information content (AvgIpc) is 3.45. The molecule has 3 fully saturated rings. The molecular weight excluding hydrogens is 595 g/mol. The highest BCUT2D eigenvalue weighted by atomic mass is 35.5. The fourth-order valence-corrected chi connectivity index (χ4v) is 9.01. The lowest BCUT2D eigenvalue weighted by Gasteiger charge is -2.51. The van der Waals surface area contributed by atoms with E-state index in [-0.39, 0.29) is 29.5 Å². The number of fused-ring (bicyclic) bond motifs is 1. The lowest BCUT2D eigenvalue weighted by molar-refractivity contribution is -0.129. The molecule has 3 aromatic carbocycles. The Kier molecular flexibility index (Phi) is 6.10. The predicted molar refractivity (Wildman–Crippen MR) is 169 cm³/mol. The topological polar surface area (TPSA) is 74.8 Å². The van der Waals surface area contributed by atoms with E-state index in [0.717, 1.165) is 16.7 Å². The maximum absolute atomic E-state index is 14.4. The van der Waals surface area contributed by atoms with Gasteiger partial charge in [-0.15, -0.1) is 0 Å². The van der Waals surface area contributed by atoms with Crippen LogP contribution in [-0.2, 0) is 19.2 Å². The third kappa shape index (κ3) is 3.55. The normalized spacial score (nSPS) is 30.3. The number of carbonyl (C=O) groups excluding carboxylic acids is 4. The fourth-order valence-electron chi connectivity index (χ4n) is 8.67. The molecule has 2 heterocycles. The molecule has 1 saturated carbocycles. The third-order valence-corrected chi connectivity index (χ3v) is 11.4. The Bertz CT molecular complexity index is 1880. The maximum Gasteiger partial charge on any atom is 0.238 e. The molecule has 4 amide bonds. The van der Waals surface area contributed by atoms with E-state index < -0.39 is 35.5 Å². The van der Waals surface area contributed by atoms with Gasteiger partial charge >= 0.3 is 0 Å². The Morgan fingerprint density at radius 1 is 0.614 bits per heavy atom. The van der Waals surface area contributed by atoms with Gasteiger partial charge in [-0.05, 0) is 72.7 Å². The van der Waals surface area contributed by atoms with Gasteiger partial charge in [0.15, 0.2) is 0 Å². The predicted octanol–water partition coefficient (Wildman–Crippen LogP) is 6.81. The highest BCUT2D eigenvalue weighted by Crippen LogP contribution is 2.63. The minimum Gasteiger partial charge on any atom is -0.274 e. The summed E-state index contributed by atoms with van der Waals surface area (Å²) in [4.78, 5) is 59.8. The van der Waals surface area contributed by atoms with Crippen LogP contribution >= 0.6 is 23.2 Å². The van der Waals surface area contributed by atoms with Crippen LogP contribution in [-0.4, -0.2) is 23.6 Å². The van der Waals surface area contributed by atoms with Crippen LogP contribution in [0.3, 0.4) is 0 Å². The van der Waals surface area contributed by atoms with Gasteiger partial charge in [-0.25, -0.2) is 9.80 Å². The second-order valence-electron chi connectivity index (χ2n) is 12.5. The summed E-state index contributed by atoms with van der Waals surface area (Å²) in [5.41, 5.74) is 5.31. The molecule has 4 aliphatic carbocycles. The van der Waals surface area contributed by atoms with E-state index in [9.17, 15) is 19.2 Å². The number of amides is 4. The van der Waals surface area contributed by atoms with Gasteiger partial charge < -0.3 is 0 Å². The van der Waals surface area contributed by atoms with E-state index >= 15 is 0 Å². The third-order valence-electron chi connectivity index (χ3n) is 10.6. The SMILES string of the molecule is Cc1c(Cl)cccc1N1C(=O)[C@H]2[C@@H]3C=C[C@@H](C4=C(c5ccccc5)C[C@@H]5C(=O)N(c6cccc(Cl)c6C)C(=O)[C@H]5[C@H]43)[C@H]2C1=O. The van der Waals surface area contributed by atoms with Crippen LogP contribution in [0.15, 0.2) is 84.5 Å². The summed E-state index contributed by atoms with van der Waals surface area (Å²) < 4.78 is 0. The number of anilines is 2. The Labute approximate surface area is 264 Å². The van der Waals surface area contributed by atoms with Gasteiger partial charge in [-0.2, -0.15) is 0 Å². The van der Waals surface area contributed by atoms with Crippen LogP contribution in [0, 0.1) is 55.3 Å². The van der Waals surface area contributed by atoms with Gasteiger partial charge in [-0.1, -0.05) is 83.4 Å². The van der Waals surface area contributed by atoms with Gasteiger partial charge in [0.25, 0.3) is 0 Å². The highest BCUT2D eigenvalue weighted by Gasteiger charge is 2.67. The van der Waals surface area contributed by atoms with Crippen molar-refractivity contribution in [2.24, 2.45) is 41.4 Å². The summed E-state index contributed by atoms with van der Waals surface area (Å²) in [6.07, 6.45) is 4.46. The van der Waals surface area contributed by atoms with Crippen LogP contribution in [0.25, 0.3) is 5.57 Å². The molecule has 0 radical (unpaired) electrons. The first kappa shape index (κ1) is 27.5. The van der Waals surface area contributed by atoms with Crippen molar-refractivity contribution in [3.05, 3.63) is 111 Å². The standard InChI is InChI=1S/C36H28Cl2N2O4/c1-17-24(37)10-6-12-26(17)39-33(41)23-16-22(19-8-4-3-5-9-19)28-20-14-15-21(29(28)32(23)36(39)44)31-30(20)34(42)40(35(31)43)27-13-7-11-25(38)18(27)2/h3-15,20-21,23,29-32H,16H2,1-2H3/t20-,21+,23-,29-,30+,31-,32+/m0/s1. The molecular formula is C36H28Cl2N2O4. The number of allylic oxidation sites excluding steroid dienone is 4. The molecule has 0 N–H and O–H groups in total. The van der Waals surface area contributed by atoms with Crippen LogP contribution in [0.1, 0.15) is 23.1 Å². The van der Waals surface area contributed by atoms with Crippen molar-refractivity contribution in [1.82, 2.24) is 0 Å². The number of rotatable bonds is 3. The molecule has 2 saturated heterocycles. The molecule has 7 atom stereocenters. The number of benzene rings is 3. The van der Waals surface area contributed by atoms with E-state index in [1.54, 1.807) is 36.4 Å². The van der Waals surface area contributed by atoms with Crippen LogP contribution < -0.4 is 9.80 Å². The second kappa shape index (κ2) is 9.75. The van der Waals surface area contributed by atoms with Crippen molar-refractivity contribution in [3.63, 3.8) is 0 Å². The largest absolute Gasteiger partial charge is 0.274 e. The average molecular weight is 624 g/mol. The Morgan fingerprint density at radius 3 is 1.82 bits per heavy atom. The van der Waals surface area contributed by atoms with Crippen LogP contribution in [0.2, 0.25) is 10.0 Å². The van der Waals surface area contributed by atoms with Gasteiger partial charge in [0.1, 0.15) is 0 Å². The number of hydrogen-bond donors (Lipinski definition) is 0. The summed E-state index contributed by atoms with van der Waals surface area (Å²) in [5, 5.41) is 0.965. The molecule has 44 heavy (non-hydrogen) atoms. The molecule has 0 spiro atoms. The highest BCUT2D eigenvalue weighted by molar-refractivity contribution is 6.33. The van der Waals surface area contributed by atoms with Crippen molar-refractivity contribution >= 4 is 63.8 Å². The zero-order valence-corrected chi connectivity index (χ0v) is 25.5. The monoisotopic (exact) mass is 622 g/mol. The van der Waals surface area contributed by atoms with Gasteiger partial charge in [-0.3, -0.25) is 19.2 Å². The Morgan fingerprint density at radius 2 is 1.18 bits per heavy atom. The smallest absolute Gasteiger partial charge is 0.238 e. The van der Waals surface area contributed by atoms with Crippen LogP contribution in [0.5, 0.6) is 0 Å². The molecule has 8 heteroatoms. The quantitative estimate of drug-likeness (QED) is 0.237. The molecule has 6 aliphatic rings. The van der Waals surface area contributed by atoms with Gasteiger partial charge in [0.05, 0.1) is 35.0 Å². The minimum atomic E-state index is -0.647. The molecule has 2 bridgehead atoms. The number of imide groups is 2. The van der Waals surface area contributed by atoms with Crippen molar-refractivity contribution < 1.29 is 19.2 Å². The number of hydrogen-bond acceptors (Lipinski definition) is 4. The Balaban J connectivity index is 1.30. The second-order valence-corrected chi connectivity index (χ2v) is 13.3. The summed E-state index contributed by atoms with van der Waals surface area (Å²) >= 11 is 12.9. The van der Waals surface area contributed by atoms with E-state index in [2.05, 4.69) is 6.08 Å². The summed E-state index contributed by atoms with van der Waals surface area (Å²) in [6.45, 7) is 3.62. The first-order valence-electron chi connectivity index (χ1n) is 14.9. The molecule has 3 aromatic rings. The minimum absolute atomic E-state index is 0.241. The molecule has 220 valence electrons. The van der Waals surface area contributed by atoms with Crippen molar-refractivity contribution in [2.45, 2.75) is 20.3 Å². The van der Waals surface area contributed by atoms with Crippen molar-refractivity contribution in [1.29, 1.82) is 0 Å². The van der Waals surface area contributed by atoms with Gasteiger partial charge in [0.2, 0.25) is 23.6 Å². The fraction of sp³-hybridized carbons (Fsp3) is 0.278.